The maximum Gasteiger partial charge on any atom is 0.343 e. The summed E-state index contributed by atoms with van der Waals surface area (Å²) in [5.41, 5.74) is 0.267. The first kappa shape index (κ1) is 14.6. The Morgan fingerprint density at radius 3 is 2.47 bits per heavy atom. The first-order chi connectivity index (χ1) is 9.06. The molecule has 1 rings (SSSR count). The lowest BCUT2D eigenvalue weighted by Crippen LogP contribution is -2.11. The molecule has 0 heterocycles. The van der Waals surface area contributed by atoms with E-state index in [1.54, 1.807) is 37.3 Å². The van der Waals surface area contributed by atoms with E-state index >= 15 is 0 Å². The predicted octanol–water partition coefficient (Wildman–Crippen LogP) is 2.29. The molecule has 100 valence electrons. The molecule has 0 atom stereocenters. The van der Waals surface area contributed by atoms with E-state index in [-0.39, 0.29) is 17.9 Å². The minimum Gasteiger partial charge on any atom is -0.512 e. The maximum atomic E-state index is 11.7. The summed E-state index contributed by atoms with van der Waals surface area (Å²) < 4.78 is 4.74. The number of ether oxygens (including phenoxy) is 1. The average molecular weight is 261 g/mol. The number of nitrogens with zero attached hydrogens (tertiary/aromatic N) is 1. The molecule has 1 N–H and O–H groups in total. The Morgan fingerprint density at radius 2 is 1.95 bits per heavy atom. The Balaban J connectivity index is 2.87. The second-order valence-corrected chi connectivity index (χ2v) is 3.65. The second kappa shape index (κ2) is 7.10. The molecular weight excluding hydrogens is 246 g/mol. The molecule has 1 amide bonds. The molecule has 1 aromatic carbocycles. The molecule has 0 saturated heterocycles. The Morgan fingerprint density at radius 1 is 1.32 bits per heavy atom. The van der Waals surface area contributed by atoms with Crippen LogP contribution in [0.15, 0.2) is 46.7 Å². The zero-order chi connectivity index (χ0) is 14.3. The standard InChI is InChI=1S/C14H15NO4/c1-3-19-14(18)12(10(2)16)9-15-13(17)11-7-5-4-6-8-11/h4-9,16H,3H2,1-2H3. The summed E-state index contributed by atoms with van der Waals surface area (Å²) in [6.45, 7) is 3.15. The molecule has 0 unspecified atom stereocenters. The van der Waals surface area contributed by atoms with Gasteiger partial charge < -0.3 is 9.84 Å². The molecule has 5 nitrogen and oxygen atoms in total. The Bertz CT molecular complexity index is 514. The van der Waals surface area contributed by atoms with Crippen LogP contribution in [0.3, 0.4) is 0 Å². The van der Waals surface area contributed by atoms with Gasteiger partial charge in [0, 0.05) is 11.8 Å². The first-order valence-electron chi connectivity index (χ1n) is 5.76. The van der Waals surface area contributed by atoms with Crippen molar-refractivity contribution < 1.29 is 19.4 Å². The Kier molecular flexibility index (Phi) is 5.47. The van der Waals surface area contributed by atoms with Crippen molar-refractivity contribution in [2.75, 3.05) is 6.61 Å². The van der Waals surface area contributed by atoms with Crippen LogP contribution >= 0.6 is 0 Å². The SMILES string of the molecule is CCOC(=O)C(C=NC(=O)c1ccccc1)=C(C)O. The van der Waals surface area contributed by atoms with E-state index in [1.807, 2.05) is 0 Å². The molecule has 0 radical (unpaired) electrons. The van der Waals surface area contributed by atoms with Gasteiger partial charge in [0.15, 0.2) is 0 Å². The van der Waals surface area contributed by atoms with E-state index in [1.165, 1.54) is 6.92 Å². The Labute approximate surface area is 111 Å². The lowest BCUT2D eigenvalue weighted by atomic mass is 10.2. The van der Waals surface area contributed by atoms with Crippen LogP contribution in [0.1, 0.15) is 24.2 Å². The molecule has 0 aromatic heterocycles. The fourth-order valence-electron chi connectivity index (χ4n) is 1.28. The van der Waals surface area contributed by atoms with Gasteiger partial charge in [-0.15, -0.1) is 0 Å². The molecule has 0 aliphatic heterocycles. The van der Waals surface area contributed by atoms with Gasteiger partial charge in [0.05, 0.1) is 6.61 Å². The van der Waals surface area contributed by atoms with Crippen molar-refractivity contribution in [3.8, 4) is 0 Å². The molecule has 19 heavy (non-hydrogen) atoms. The molecule has 0 fully saturated rings. The van der Waals surface area contributed by atoms with Crippen LogP contribution in [0.2, 0.25) is 0 Å². The van der Waals surface area contributed by atoms with Crippen LogP contribution in [0.4, 0.5) is 0 Å². The van der Waals surface area contributed by atoms with Crippen molar-refractivity contribution in [1.82, 2.24) is 0 Å². The van der Waals surface area contributed by atoms with E-state index in [0.29, 0.717) is 5.56 Å². The van der Waals surface area contributed by atoms with E-state index in [4.69, 9.17) is 4.74 Å². The van der Waals surface area contributed by atoms with Crippen molar-refractivity contribution in [2.45, 2.75) is 13.8 Å². The first-order valence-corrected chi connectivity index (χ1v) is 5.76. The number of hydrogen-bond donors (Lipinski definition) is 1. The highest BCUT2D eigenvalue weighted by Gasteiger charge is 2.12. The lowest BCUT2D eigenvalue weighted by Gasteiger charge is -2.02. The minimum absolute atomic E-state index is 0.133. The number of aliphatic hydroxyl groups excluding tert-OH is 1. The largest absolute Gasteiger partial charge is 0.512 e. The van der Waals surface area contributed by atoms with Crippen molar-refractivity contribution in [3.05, 3.63) is 47.2 Å². The monoisotopic (exact) mass is 261 g/mol. The highest BCUT2D eigenvalue weighted by Crippen LogP contribution is 2.04. The summed E-state index contributed by atoms with van der Waals surface area (Å²) >= 11 is 0. The number of aliphatic hydroxyl groups is 1. The normalized spacial score (nSPS) is 12.1. The second-order valence-electron chi connectivity index (χ2n) is 3.65. The lowest BCUT2D eigenvalue weighted by molar-refractivity contribution is -0.138. The Hall–Kier alpha value is -2.43. The smallest absolute Gasteiger partial charge is 0.343 e. The number of amides is 1. The number of carbonyl (C=O) groups excluding carboxylic acids is 2. The molecular formula is C14H15NO4. The molecule has 0 aliphatic carbocycles. The number of esters is 1. The highest BCUT2D eigenvalue weighted by atomic mass is 16.5. The van der Waals surface area contributed by atoms with Gasteiger partial charge in [0.1, 0.15) is 11.3 Å². The van der Waals surface area contributed by atoms with E-state index in [2.05, 4.69) is 4.99 Å². The number of benzene rings is 1. The maximum absolute atomic E-state index is 11.7. The highest BCUT2D eigenvalue weighted by molar-refractivity contribution is 6.13. The molecule has 0 bridgehead atoms. The third kappa shape index (κ3) is 4.39. The summed E-state index contributed by atoms with van der Waals surface area (Å²) in [7, 11) is 0. The van der Waals surface area contributed by atoms with Gasteiger partial charge in [0.25, 0.3) is 5.91 Å². The van der Waals surface area contributed by atoms with E-state index in [9.17, 15) is 14.7 Å². The van der Waals surface area contributed by atoms with Crippen LogP contribution in [-0.4, -0.2) is 29.8 Å². The van der Waals surface area contributed by atoms with Gasteiger partial charge in [-0.1, -0.05) is 18.2 Å². The van der Waals surface area contributed by atoms with Gasteiger partial charge in [0.2, 0.25) is 0 Å². The molecule has 5 heteroatoms. The van der Waals surface area contributed by atoms with Gasteiger partial charge in [-0.05, 0) is 26.0 Å². The van der Waals surface area contributed by atoms with Gasteiger partial charge in [-0.2, -0.15) is 0 Å². The quantitative estimate of drug-likeness (QED) is 0.390. The predicted molar refractivity (Wildman–Crippen MR) is 71.2 cm³/mol. The molecule has 0 saturated carbocycles. The average Bonchev–Trinajstić information content (AvgIpc) is 2.39. The number of aliphatic imine (C=N–C) groups is 1. The number of hydrogen-bond acceptors (Lipinski definition) is 4. The summed E-state index contributed by atoms with van der Waals surface area (Å²) in [5.74, 6) is -1.46. The zero-order valence-electron chi connectivity index (χ0n) is 10.8. The van der Waals surface area contributed by atoms with E-state index < -0.39 is 11.9 Å². The number of carbonyl (C=O) groups is 2. The van der Waals surface area contributed by atoms with Gasteiger partial charge >= 0.3 is 5.97 Å². The van der Waals surface area contributed by atoms with E-state index in [0.717, 1.165) is 6.21 Å². The van der Waals surface area contributed by atoms with Crippen LogP contribution in [0.25, 0.3) is 0 Å². The summed E-state index contributed by atoms with van der Waals surface area (Å²) in [6.07, 6.45) is 1.02. The van der Waals surface area contributed by atoms with Crippen LogP contribution in [0, 0.1) is 0 Å². The number of allylic oxidation sites excluding steroid dienone is 1. The fraction of sp³-hybridized carbons (Fsp3) is 0.214. The van der Waals surface area contributed by atoms with Gasteiger partial charge in [-0.3, -0.25) is 4.79 Å². The van der Waals surface area contributed by atoms with Gasteiger partial charge in [-0.25, -0.2) is 9.79 Å². The van der Waals surface area contributed by atoms with Crippen molar-refractivity contribution >= 4 is 18.1 Å². The summed E-state index contributed by atoms with van der Waals surface area (Å²) in [6, 6.07) is 8.42. The topological polar surface area (TPSA) is 76.0 Å². The minimum atomic E-state index is -0.716. The van der Waals surface area contributed by atoms with Crippen LogP contribution < -0.4 is 0 Å². The third-order valence-electron chi connectivity index (χ3n) is 2.22. The zero-order valence-corrected chi connectivity index (χ0v) is 10.8. The van der Waals surface area contributed by atoms with Crippen LogP contribution in [-0.2, 0) is 9.53 Å². The summed E-state index contributed by atoms with van der Waals surface area (Å²) in [4.78, 5) is 26.8. The third-order valence-corrected chi connectivity index (χ3v) is 2.22. The fourth-order valence-corrected chi connectivity index (χ4v) is 1.28. The van der Waals surface area contributed by atoms with Crippen molar-refractivity contribution in [2.24, 2.45) is 4.99 Å². The molecule has 0 spiro atoms. The number of rotatable bonds is 4. The van der Waals surface area contributed by atoms with Crippen molar-refractivity contribution in [1.29, 1.82) is 0 Å². The van der Waals surface area contributed by atoms with Crippen molar-refractivity contribution in [3.63, 3.8) is 0 Å². The van der Waals surface area contributed by atoms with Crippen LogP contribution in [0.5, 0.6) is 0 Å². The molecule has 0 aliphatic rings. The summed E-state index contributed by atoms with van der Waals surface area (Å²) in [5, 5.41) is 9.37. The molecule has 1 aromatic rings.